The van der Waals surface area contributed by atoms with Gasteiger partial charge in [0.05, 0.1) is 18.1 Å². The van der Waals surface area contributed by atoms with Crippen molar-refractivity contribution >= 4 is 20.9 Å². The van der Waals surface area contributed by atoms with Gasteiger partial charge in [0.2, 0.25) is 0 Å². The van der Waals surface area contributed by atoms with Crippen LogP contribution in [0.5, 0.6) is 5.75 Å². The summed E-state index contributed by atoms with van der Waals surface area (Å²) in [5.74, 6) is 1.22. The fourth-order valence-electron chi connectivity index (χ4n) is 2.32. The second-order valence-electron chi connectivity index (χ2n) is 4.89. The van der Waals surface area contributed by atoms with E-state index < -0.39 is 9.84 Å². The van der Waals surface area contributed by atoms with Crippen molar-refractivity contribution in [3.63, 3.8) is 0 Å². The Hall–Kier alpha value is -1.56. The van der Waals surface area contributed by atoms with Crippen molar-refractivity contribution in [2.75, 3.05) is 13.4 Å². The van der Waals surface area contributed by atoms with E-state index in [1.54, 1.807) is 12.1 Å². The lowest BCUT2D eigenvalue weighted by Gasteiger charge is -2.12. The highest BCUT2D eigenvalue weighted by atomic mass is 32.2. The van der Waals surface area contributed by atoms with Crippen molar-refractivity contribution in [3.05, 3.63) is 18.0 Å². The summed E-state index contributed by atoms with van der Waals surface area (Å²) in [4.78, 5) is 4.60. The molecule has 0 unspecified atom stereocenters. The highest BCUT2D eigenvalue weighted by Gasteiger charge is 2.19. The van der Waals surface area contributed by atoms with Crippen molar-refractivity contribution in [1.29, 1.82) is 0 Å². The summed E-state index contributed by atoms with van der Waals surface area (Å²) in [6.45, 7) is 6.03. The number of imidazole rings is 1. The zero-order valence-electron chi connectivity index (χ0n) is 11.8. The lowest BCUT2D eigenvalue weighted by atomic mass is 10.2. The van der Waals surface area contributed by atoms with Crippen molar-refractivity contribution in [3.8, 4) is 5.75 Å². The maximum Gasteiger partial charge on any atom is 0.179 e. The van der Waals surface area contributed by atoms with Crippen molar-refractivity contribution in [2.24, 2.45) is 0 Å². The van der Waals surface area contributed by atoms with E-state index in [0.717, 1.165) is 11.3 Å². The second kappa shape index (κ2) is 4.52. The number of methoxy groups -OCH3 is 1. The predicted octanol–water partition coefficient (Wildman–Crippen LogP) is 2.34. The molecule has 0 aliphatic carbocycles. The van der Waals surface area contributed by atoms with Gasteiger partial charge in [-0.2, -0.15) is 0 Å². The van der Waals surface area contributed by atoms with Gasteiger partial charge in [-0.25, -0.2) is 13.4 Å². The van der Waals surface area contributed by atoms with Crippen LogP contribution in [0.15, 0.2) is 17.0 Å². The first-order valence-corrected chi connectivity index (χ1v) is 7.91. The molecule has 0 atom stereocenters. The Labute approximate surface area is 113 Å². The van der Waals surface area contributed by atoms with Crippen molar-refractivity contribution in [2.45, 2.75) is 31.7 Å². The molecule has 0 fully saturated rings. The van der Waals surface area contributed by atoms with E-state index in [1.165, 1.54) is 13.4 Å². The number of aryl methyl sites for hydroxylation is 1. The molecule has 1 aromatic carbocycles. The molecule has 0 spiro atoms. The van der Waals surface area contributed by atoms with E-state index in [0.29, 0.717) is 11.3 Å². The smallest absolute Gasteiger partial charge is 0.179 e. The van der Waals surface area contributed by atoms with Crippen LogP contribution in [0.3, 0.4) is 0 Å². The fourth-order valence-corrected chi connectivity index (χ4v) is 3.16. The molecule has 104 valence electrons. The molecule has 0 bridgehead atoms. The van der Waals surface area contributed by atoms with Gasteiger partial charge in [0.25, 0.3) is 0 Å². The van der Waals surface area contributed by atoms with E-state index in [9.17, 15) is 8.42 Å². The average Bonchev–Trinajstić information content (AvgIpc) is 2.60. The normalized spacial score (nSPS) is 12.3. The van der Waals surface area contributed by atoms with Crippen LogP contribution in [0.2, 0.25) is 0 Å². The molecule has 0 saturated heterocycles. The lowest BCUT2D eigenvalue weighted by Crippen LogP contribution is -2.04. The second-order valence-corrected chi connectivity index (χ2v) is 6.87. The average molecular weight is 282 g/mol. The van der Waals surface area contributed by atoms with Crippen LogP contribution < -0.4 is 4.74 Å². The number of rotatable bonds is 3. The van der Waals surface area contributed by atoms with Crippen LogP contribution >= 0.6 is 0 Å². The molecular formula is C13H18N2O3S. The predicted molar refractivity (Wildman–Crippen MR) is 74.5 cm³/mol. The zero-order chi connectivity index (χ0) is 14.4. The number of aromatic nitrogens is 2. The van der Waals surface area contributed by atoms with Crippen LogP contribution in [-0.2, 0) is 9.84 Å². The molecule has 19 heavy (non-hydrogen) atoms. The molecule has 0 aliphatic rings. The number of hydrogen-bond acceptors (Lipinski definition) is 4. The molecule has 0 saturated carbocycles. The zero-order valence-corrected chi connectivity index (χ0v) is 12.6. The Morgan fingerprint density at radius 2 is 1.95 bits per heavy atom. The van der Waals surface area contributed by atoms with E-state index in [1.807, 2.05) is 6.92 Å². The van der Waals surface area contributed by atoms with Gasteiger partial charge in [-0.1, -0.05) is 0 Å². The van der Waals surface area contributed by atoms with Gasteiger partial charge >= 0.3 is 0 Å². The Bertz CT molecular complexity index is 730. The summed E-state index contributed by atoms with van der Waals surface area (Å²) in [6, 6.07) is 3.57. The minimum absolute atomic E-state index is 0.177. The molecule has 1 aromatic heterocycles. The monoisotopic (exact) mass is 282 g/mol. The number of nitrogens with zero attached hydrogens (tertiary/aromatic N) is 2. The van der Waals surface area contributed by atoms with Crippen LogP contribution in [0.1, 0.15) is 25.7 Å². The summed E-state index contributed by atoms with van der Waals surface area (Å²) in [5.41, 5.74) is 1.56. The maximum atomic E-state index is 11.8. The number of hydrogen-bond donors (Lipinski definition) is 0. The van der Waals surface area contributed by atoms with Gasteiger partial charge < -0.3 is 9.30 Å². The van der Waals surface area contributed by atoms with E-state index in [-0.39, 0.29) is 10.9 Å². The number of sulfone groups is 1. The van der Waals surface area contributed by atoms with Crippen molar-refractivity contribution in [1.82, 2.24) is 9.55 Å². The molecule has 2 rings (SSSR count). The summed E-state index contributed by atoms with van der Waals surface area (Å²) in [6.07, 6.45) is 1.17. The third-order valence-electron chi connectivity index (χ3n) is 3.07. The molecule has 0 amide bonds. The fraction of sp³-hybridized carbons (Fsp3) is 0.462. The van der Waals surface area contributed by atoms with Crippen LogP contribution in [0.25, 0.3) is 11.0 Å². The van der Waals surface area contributed by atoms with Gasteiger partial charge in [-0.15, -0.1) is 0 Å². The lowest BCUT2D eigenvalue weighted by molar-refractivity contribution is 0.403. The standard InChI is InChI=1S/C13H18N2O3S/c1-8(2)15-9(3)14-10-6-13(19(5,16)17)12(18-4)7-11(10)15/h6-8H,1-5H3. The highest BCUT2D eigenvalue weighted by molar-refractivity contribution is 7.90. The quantitative estimate of drug-likeness (QED) is 0.867. The number of ether oxygens (including phenoxy) is 1. The first kappa shape index (κ1) is 13.9. The van der Waals surface area contributed by atoms with E-state index in [4.69, 9.17) is 4.74 Å². The summed E-state index contributed by atoms with van der Waals surface area (Å²) >= 11 is 0. The highest BCUT2D eigenvalue weighted by Crippen LogP contribution is 2.31. The van der Waals surface area contributed by atoms with Crippen molar-refractivity contribution < 1.29 is 13.2 Å². The minimum Gasteiger partial charge on any atom is -0.495 e. The topological polar surface area (TPSA) is 61.2 Å². The Kier molecular flexibility index (Phi) is 3.30. The van der Waals surface area contributed by atoms with Gasteiger partial charge in [0, 0.05) is 18.4 Å². The summed E-state index contributed by atoms with van der Waals surface area (Å²) in [7, 11) is -1.86. The van der Waals surface area contributed by atoms with Crippen LogP contribution in [-0.4, -0.2) is 31.3 Å². The van der Waals surface area contributed by atoms with Gasteiger partial charge in [-0.3, -0.25) is 0 Å². The molecule has 5 nitrogen and oxygen atoms in total. The van der Waals surface area contributed by atoms with Gasteiger partial charge in [0.1, 0.15) is 16.5 Å². The van der Waals surface area contributed by atoms with Gasteiger partial charge in [0.15, 0.2) is 9.84 Å². The van der Waals surface area contributed by atoms with E-state index in [2.05, 4.69) is 23.4 Å². The number of fused-ring (bicyclic) bond motifs is 1. The molecule has 0 radical (unpaired) electrons. The molecule has 2 aromatic rings. The largest absolute Gasteiger partial charge is 0.495 e. The Morgan fingerprint density at radius 1 is 1.32 bits per heavy atom. The summed E-state index contributed by atoms with van der Waals surface area (Å²) in [5, 5.41) is 0. The van der Waals surface area contributed by atoms with Gasteiger partial charge in [-0.05, 0) is 26.8 Å². The van der Waals surface area contributed by atoms with Crippen LogP contribution in [0.4, 0.5) is 0 Å². The summed E-state index contributed by atoms with van der Waals surface area (Å²) < 4.78 is 30.8. The third kappa shape index (κ3) is 2.32. The Morgan fingerprint density at radius 3 is 2.42 bits per heavy atom. The first-order chi connectivity index (χ1) is 8.75. The molecular weight excluding hydrogens is 264 g/mol. The van der Waals surface area contributed by atoms with E-state index >= 15 is 0 Å². The molecule has 1 heterocycles. The maximum absolute atomic E-state index is 11.8. The molecule has 0 aliphatic heterocycles. The molecule has 6 heteroatoms. The number of benzene rings is 1. The third-order valence-corrected chi connectivity index (χ3v) is 4.19. The SMILES string of the molecule is COc1cc2c(cc1S(C)(=O)=O)nc(C)n2C(C)C. The minimum atomic E-state index is -3.34. The first-order valence-electron chi connectivity index (χ1n) is 6.02. The molecule has 0 N–H and O–H groups in total. The van der Waals surface area contributed by atoms with Crippen LogP contribution in [0, 0.1) is 6.92 Å². The Balaban J connectivity index is 2.86.